The lowest BCUT2D eigenvalue weighted by Crippen LogP contribution is -2.42. The summed E-state index contributed by atoms with van der Waals surface area (Å²) in [6.07, 6.45) is -1.95. The molecule has 0 spiro atoms. The first-order chi connectivity index (χ1) is 11.3. The molecule has 2 aromatic rings. The quantitative estimate of drug-likeness (QED) is 0.903. The molecular weight excluding hydrogens is 319 g/mol. The van der Waals surface area contributed by atoms with Crippen LogP contribution in [0.25, 0.3) is 0 Å². The van der Waals surface area contributed by atoms with Crippen molar-refractivity contribution < 1.29 is 18.3 Å². The van der Waals surface area contributed by atoms with Crippen molar-refractivity contribution >= 4 is 0 Å². The molecule has 3 rings (SSSR count). The number of hydrogen-bond acceptors (Lipinski definition) is 3. The molecule has 4 nitrogen and oxygen atoms in total. The largest absolute Gasteiger partial charge is 0.416 e. The Hall–Kier alpha value is -1.86. The lowest BCUT2D eigenvalue weighted by Gasteiger charge is -2.38. The number of aromatic amines is 1. The van der Waals surface area contributed by atoms with Gasteiger partial charge in [-0.15, -0.1) is 0 Å². The van der Waals surface area contributed by atoms with Crippen LogP contribution < -0.4 is 0 Å². The first-order valence-electron chi connectivity index (χ1n) is 7.89. The van der Waals surface area contributed by atoms with Crippen LogP contribution in [0.1, 0.15) is 35.4 Å². The predicted molar refractivity (Wildman–Crippen MR) is 83.2 cm³/mol. The zero-order valence-corrected chi connectivity index (χ0v) is 13.4. The van der Waals surface area contributed by atoms with E-state index >= 15 is 0 Å². The van der Waals surface area contributed by atoms with Crippen LogP contribution in [0.5, 0.6) is 0 Å². The van der Waals surface area contributed by atoms with Gasteiger partial charge in [0.15, 0.2) is 0 Å². The number of aryl methyl sites for hydroxylation is 1. The van der Waals surface area contributed by atoms with Crippen molar-refractivity contribution in [3.63, 3.8) is 0 Å². The molecule has 0 unspecified atom stereocenters. The van der Waals surface area contributed by atoms with Gasteiger partial charge in [-0.2, -0.15) is 13.2 Å². The van der Waals surface area contributed by atoms with Crippen LogP contribution >= 0.6 is 0 Å². The minimum absolute atomic E-state index is 0.341. The lowest BCUT2D eigenvalue weighted by molar-refractivity contribution is -0.137. The van der Waals surface area contributed by atoms with Crippen LogP contribution in [0.15, 0.2) is 30.6 Å². The number of aliphatic hydroxyl groups is 1. The molecule has 1 fully saturated rings. The molecule has 0 atom stereocenters. The normalized spacial score (nSPS) is 18.7. The van der Waals surface area contributed by atoms with E-state index in [0.29, 0.717) is 38.0 Å². The van der Waals surface area contributed by atoms with Crippen LogP contribution in [0.2, 0.25) is 0 Å². The van der Waals surface area contributed by atoms with Gasteiger partial charge in [-0.25, -0.2) is 4.98 Å². The van der Waals surface area contributed by atoms with Gasteiger partial charge in [0.25, 0.3) is 0 Å². The molecule has 0 amide bonds. The van der Waals surface area contributed by atoms with E-state index in [9.17, 15) is 18.3 Å². The number of benzene rings is 1. The number of likely N-dealkylation sites (tertiary alicyclic amines) is 1. The van der Waals surface area contributed by atoms with Crippen LogP contribution in [-0.4, -0.2) is 33.1 Å². The smallest absolute Gasteiger partial charge is 0.385 e. The highest BCUT2D eigenvalue weighted by Crippen LogP contribution is 2.36. The Balaban J connectivity index is 1.69. The predicted octanol–water partition coefficient (Wildman–Crippen LogP) is 3.22. The molecule has 0 bridgehead atoms. The highest BCUT2D eigenvalue weighted by molar-refractivity contribution is 5.30. The number of imidazole rings is 1. The second-order valence-electron chi connectivity index (χ2n) is 6.36. The van der Waals surface area contributed by atoms with Gasteiger partial charge in [0, 0.05) is 25.3 Å². The van der Waals surface area contributed by atoms with Crippen LogP contribution in [-0.2, 0) is 18.3 Å². The molecule has 24 heavy (non-hydrogen) atoms. The fourth-order valence-electron chi connectivity index (χ4n) is 3.11. The highest BCUT2D eigenvalue weighted by atomic mass is 19.4. The number of nitrogens with one attached hydrogen (secondary N) is 1. The van der Waals surface area contributed by atoms with E-state index in [1.165, 1.54) is 6.07 Å². The topological polar surface area (TPSA) is 52.2 Å². The van der Waals surface area contributed by atoms with Crippen molar-refractivity contribution in [3.05, 3.63) is 53.1 Å². The Morgan fingerprint density at radius 1 is 1.29 bits per heavy atom. The maximum absolute atomic E-state index is 12.9. The average molecular weight is 339 g/mol. The van der Waals surface area contributed by atoms with E-state index in [-0.39, 0.29) is 0 Å². The summed E-state index contributed by atoms with van der Waals surface area (Å²) < 4.78 is 38.6. The molecule has 1 aliphatic rings. The molecule has 0 aliphatic carbocycles. The maximum Gasteiger partial charge on any atom is 0.416 e. The number of halogens is 3. The number of piperidine rings is 1. The fraction of sp³-hybridized carbons (Fsp3) is 0.471. The first-order valence-corrected chi connectivity index (χ1v) is 7.89. The summed E-state index contributed by atoms with van der Waals surface area (Å²) in [5, 5.41) is 10.8. The van der Waals surface area contributed by atoms with Crippen molar-refractivity contribution in [2.24, 2.45) is 0 Å². The molecule has 1 saturated heterocycles. The number of hydrogen-bond donors (Lipinski definition) is 2. The van der Waals surface area contributed by atoms with Crippen LogP contribution in [0.3, 0.4) is 0 Å². The van der Waals surface area contributed by atoms with Gasteiger partial charge in [-0.3, -0.25) is 4.90 Å². The summed E-state index contributed by atoms with van der Waals surface area (Å²) in [4.78, 5) is 9.44. The Morgan fingerprint density at radius 2 is 2.00 bits per heavy atom. The molecule has 2 heterocycles. The second-order valence-corrected chi connectivity index (χ2v) is 6.36. The van der Waals surface area contributed by atoms with Gasteiger partial charge < -0.3 is 10.1 Å². The number of alkyl halides is 3. The van der Waals surface area contributed by atoms with Gasteiger partial charge in [0.1, 0.15) is 0 Å². The SMILES string of the molecule is Cc1[nH]cnc1CN1CCC(O)(c2cccc(C(F)(F)F)c2)CC1. The molecular formula is C17H20F3N3O. The lowest BCUT2D eigenvalue weighted by atomic mass is 9.83. The molecule has 0 radical (unpaired) electrons. The van der Waals surface area contributed by atoms with Crippen LogP contribution in [0.4, 0.5) is 13.2 Å². The van der Waals surface area contributed by atoms with E-state index < -0.39 is 17.3 Å². The minimum atomic E-state index is -4.40. The van der Waals surface area contributed by atoms with Crippen molar-refractivity contribution in [2.45, 2.75) is 38.1 Å². The summed E-state index contributed by atoms with van der Waals surface area (Å²) in [6, 6.07) is 5.02. The Labute approximate surface area is 138 Å². The summed E-state index contributed by atoms with van der Waals surface area (Å²) >= 11 is 0. The number of H-pyrrole nitrogens is 1. The van der Waals surface area contributed by atoms with E-state index in [0.717, 1.165) is 23.5 Å². The molecule has 7 heteroatoms. The van der Waals surface area contributed by atoms with Crippen molar-refractivity contribution in [1.82, 2.24) is 14.9 Å². The summed E-state index contributed by atoms with van der Waals surface area (Å²) in [5.74, 6) is 0. The Kier molecular flexibility index (Phi) is 4.40. The van der Waals surface area contributed by atoms with Crippen molar-refractivity contribution in [1.29, 1.82) is 0 Å². The van der Waals surface area contributed by atoms with Crippen molar-refractivity contribution in [2.75, 3.05) is 13.1 Å². The molecule has 130 valence electrons. The van der Waals surface area contributed by atoms with Gasteiger partial charge in [0.2, 0.25) is 0 Å². The standard InChI is InChI=1S/C17H20F3N3O/c1-12-15(22-11-21-12)10-23-7-5-16(24,6-8-23)13-3-2-4-14(9-13)17(18,19)20/h2-4,9,11,24H,5-8,10H2,1H3,(H,21,22). The van der Waals surface area contributed by atoms with Gasteiger partial charge in [0.05, 0.1) is 23.2 Å². The van der Waals surface area contributed by atoms with E-state index in [1.54, 1.807) is 12.4 Å². The summed E-state index contributed by atoms with van der Waals surface area (Å²) in [5.41, 5.74) is 0.377. The maximum atomic E-state index is 12.9. The van der Waals surface area contributed by atoms with Gasteiger partial charge in [-0.05, 0) is 37.5 Å². The summed E-state index contributed by atoms with van der Waals surface area (Å²) in [7, 11) is 0. The van der Waals surface area contributed by atoms with E-state index in [4.69, 9.17) is 0 Å². The Morgan fingerprint density at radius 3 is 2.58 bits per heavy atom. The molecule has 2 N–H and O–H groups in total. The second kappa shape index (κ2) is 6.22. The highest BCUT2D eigenvalue weighted by Gasteiger charge is 2.37. The Bertz CT molecular complexity index is 703. The van der Waals surface area contributed by atoms with Crippen molar-refractivity contribution in [3.8, 4) is 0 Å². The van der Waals surface area contributed by atoms with E-state index in [2.05, 4.69) is 14.9 Å². The van der Waals surface area contributed by atoms with Gasteiger partial charge >= 0.3 is 6.18 Å². The molecule has 1 aliphatic heterocycles. The fourth-order valence-corrected chi connectivity index (χ4v) is 3.11. The average Bonchev–Trinajstić information content (AvgIpc) is 2.94. The molecule has 1 aromatic carbocycles. The third-order valence-corrected chi connectivity index (χ3v) is 4.72. The number of aromatic nitrogens is 2. The number of nitrogens with zero attached hydrogens (tertiary/aromatic N) is 2. The van der Waals surface area contributed by atoms with Gasteiger partial charge in [-0.1, -0.05) is 12.1 Å². The first kappa shape index (κ1) is 17.0. The zero-order valence-electron chi connectivity index (χ0n) is 13.4. The third-order valence-electron chi connectivity index (χ3n) is 4.72. The van der Waals surface area contributed by atoms with E-state index in [1.807, 2.05) is 6.92 Å². The summed E-state index contributed by atoms with van der Waals surface area (Å²) in [6.45, 7) is 3.84. The molecule has 0 saturated carbocycles. The molecule has 1 aromatic heterocycles. The minimum Gasteiger partial charge on any atom is -0.385 e. The zero-order chi connectivity index (χ0) is 17.4. The monoisotopic (exact) mass is 339 g/mol. The van der Waals surface area contributed by atoms with Crippen LogP contribution in [0, 0.1) is 6.92 Å². The number of rotatable bonds is 3. The third kappa shape index (κ3) is 3.47.